The van der Waals surface area contributed by atoms with E-state index in [-0.39, 0.29) is 17.9 Å². The van der Waals surface area contributed by atoms with Crippen molar-refractivity contribution in [2.45, 2.75) is 67.3 Å². The molecule has 0 atom stereocenters. The number of hydrogen-bond donors (Lipinski definition) is 0. The molecule has 0 N–H and O–H groups in total. The fourth-order valence-corrected chi connectivity index (χ4v) is 3.57. The smallest absolute Gasteiger partial charge is 0.341 e. The molecule has 0 unspecified atom stereocenters. The van der Waals surface area contributed by atoms with Crippen molar-refractivity contribution in [1.82, 2.24) is 9.55 Å². The Hall–Kier alpha value is -3.75. The molecule has 3 aromatic rings. The molecule has 0 saturated heterocycles. The Kier molecular flexibility index (Phi) is 7.76. The van der Waals surface area contributed by atoms with E-state index >= 15 is 0 Å². The van der Waals surface area contributed by atoms with E-state index in [0.717, 1.165) is 5.56 Å². The van der Waals surface area contributed by atoms with Crippen molar-refractivity contribution in [1.29, 1.82) is 0 Å². The molecule has 0 aliphatic heterocycles. The van der Waals surface area contributed by atoms with Gasteiger partial charge in [-0.2, -0.15) is 0 Å². The van der Waals surface area contributed by atoms with Crippen LogP contribution >= 0.6 is 0 Å². The molecule has 9 heteroatoms. The van der Waals surface area contributed by atoms with Crippen LogP contribution in [0.1, 0.15) is 63.3 Å². The third kappa shape index (κ3) is 6.72. The average molecular weight is 512 g/mol. The summed E-state index contributed by atoms with van der Waals surface area (Å²) in [5.74, 6) is -1.38. The SMILES string of the molecule is Cc1nc2ccc(CN(C)c3ccc(C(=O)OC(C)(C)C)c(F)c3)cc2c(=O)n1COC(=O)C(C)(C)C. The fraction of sp³-hybridized carbons (Fsp3) is 0.429. The minimum Gasteiger partial charge on any atom is -0.456 e. The van der Waals surface area contributed by atoms with Crippen molar-refractivity contribution < 1.29 is 23.5 Å². The van der Waals surface area contributed by atoms with Crippen molar-refractivity contribution in [3.63, 3.8) is 0 Å². The van der Waals surface area contributed by atoms with Gasteiger partial charge in [-0.05, 0) is 84.4 Å². The van der Waals surface area contributed by atoms with Gasteiger partial charge in [0.1, 0.15) is 17.2 Å². The van der Waals surface area contributed by atoms with Gasteiger partial charge >= 0.3 is 11.9 Å². The second-order valence-corrected chi connectivity index (χ2v) is 11.1. The highest BCUT2D eigenvalue weighted by Crippen LogP contribution is 2.23. The summed E-state index contributed by atoms with van der Waals surface area (Å²) in [4.78, 5) is 43.9. The quantitative estimate of drug-likeness (QED) is 0.431. The van der Waals surface area contributed by atoms with Crippen LogP contribution in [0.4, 0.5) is 10.1 Å². The van der Waals surface area contributed by atoms with Crippen LogP contribution in [0.3, 0.4) is 0 Å². The lowest BCUT2D eigenvalue weighted by atomic mass is 9.98. The molecular weight excluding hydrogens is 477 g/mol. The van der Waals surface area contributed by atoms with Crippen molar-refractivity contribution >= 4 is 28.5 Å². The van der Waals surface area contributed by atoms with Crippen LogP contribution in [0.15, 0.2) is 41.2 Å². The normalized spacial score (nSPS) is 11.9. The van der Waals surface area contributed by atoms with E-state index in [9.17, 15) is 18.8 Å². The third-order valence-electron chi connectivity index (χ3n) is 5.58. The molecule has 8 nitrogen and oxygen atoms in total. The Bertz CT molecular complexity index is 1400. The highest BCUT2D eigenvalue weighted by Gasteiger charge is 2.24. The number of fused-ring (bicyclic) bond motifs is 1. The molecule has 2 aromatic carbocycles. The Balaban J connectivity index is 1.83. The van der Waals surface area contributed by atoms with Crippen molar-refractivity contribution in [2.24, 2.45) is 5.41 Å². The van der Waals surface area contributed by atoms with Gasteiger partial charge in [0, 0.05) is 19.3 Å². The maximum absolute atomic E-state index is 14.7. The first-order chi connectivity index (χ1) is 17.1. The second kappa shape index (κ2) is 10.3. The Morgan fingerprint density at radius 3 is 2.32 bits per heavy atom. The number of ether oxygens (including phenoxy) is 2. The van der Waals surface area contributed by atoms with Crippen LogP contribution in [0.5, 0.6) is 0 Å². The third-order valence-corrected chi connectivity index (χ3v) is 5.58. The maximum Gasteiger partial charge on any atom is 0.341 e. The van der Waals surface area contributed by atoms with Gasteiger partial charge in [-0.15, -0.1) is 0 Å². The van der Waals surface area contributed by atoms with Crippen molar-refractivity contribution in [3.8, 4) is 0 Å². The number of hydrogen-bond acceptors (Lipinski definition) is 7. The summed E-state index contributed by atoms with van der Waals surface area (Å²) in [6.07, 6.45) is 0. The number of carbonyl (C=O) groups is 2. The van der Waals surface area contributed by atoms with Crippen LogP contribution in [0.25, 0.3) is 10.9 Å². The van der Waals surface area contributed by atoms with Crippen LogP contribution in [-0.2, 0) is 27.5 Å². The van der Waals surface area contributed by atoms with E-state index < -0.39 is 28.8 Å². The number of esters is 2. The lowest BCUT2D eigenvalue weighted by Gasteiger charge is -2.22. The molecule has 1 heterocycles. The zero-order chi connectivity index (χ0) is 27.7. The predicted molar refractivity (Wildman–Crippen MR) is 140 cm³/mol. The van der Waals surface area contributed by atoms with Gasteiger partial charge in [0.25, 0.3) is 5.56 Å². The fourth-order valence-electron chi connectivity index (χ4n) is 3.57. The van der Waals surface area contributed by atoms with Gasteiger partial charge in [-0.1, -0.05) is 6.07 Å². The Labute approximate surface area is 216 Å². The molecule has 37 heavy (non-hydrogen) atoms. The van der Waals surface area contributed by atoms with Gasteiger partial charge in [-0.3, -0.25) is 14.2 Å². The number of nitrogens with zero attached hydrogens (tertiary/aromatic N) is 3. The van der Waals surface area contributed by atoms with E-state index in [1.54, 1.807) is 78.6 Å². The summed E-state index contributed by atoms with van der Waals surface area (Å²) in [6.45, 7) is 12.2. The minimum atomic E-state index is -0.727. The molecule has 0 bridgehead atoms. The van der Waals surface area contributed by atoms with E-state index in [2.05, 4.69) is 4.98 Å². The van der Waals surface area contributed by atoms with Gasteiger partial charge in [0.05, 0.1) is 21.9 Å². The number of aromatic nitrogens is 2. The largest absolute Gasteiger partial charge is 0.456 e. The lowest BCUT2D eigenvalue weighted by Crippen LogP contribution is -2.30. The molecule has 0 amide bonds. The van der Waals surface area contributed by atoms with Crippen LogP contribution in [-0.4, -0.2) is 34.1 Å². The highest BCUT2D eigenvalue weighted by atomic mass is 19.1. The Morgan fingerprint density at radius 1 is 1.05 bits per heavy atom. The van der Waals surface area contributed by atoms with E-state index in [1.807, 2.05) is 6.07 Å². The zero-order valence-electron chi connectivity index (χ0n) is 22.6. The summed E-state index contributed by atoms with van der Waals surface area (Å²) in [6, 6.07) is 9.66. The highest BCUT2D eigenvalue weighted by molar-refractivity contribution is 5.90. The first-order valence-corrected chi connectivity index (χ1v) is 12.0. The standard InChI is InChI=1S/C28H34FN3O5/c1-17-30-23-12-9-18(13-21(23)24(33)32(17)16-36-26(35)27(2,3)4)15-31(8)19-10-11-20(22(29)14-19)25(34)37-28(5,6)7/h9-14H,15-16H2,1-8H3. The monoisotopic (exact) mass is 511 g/mol. The molecule has 3 rings (SSSR count). The summed E-state index contributed by atoms with van der Waals surface area (Å²) in [5, 5.41) is 0.384. The predicted octanol–water partition coefficient (Wildman–Crippen LogP) is 4.98. The Morgan fingerprint density at radius 2 is 1.73 bits per heavy atom. The molecular formula is C28H34FN3O5. The second-order valence-electron chi connectivity index (χ2n) is 11.1. The molecule has 198 valence electrons. The number of benzene rings is 2. The minimum absolute atomic E-state index is 0.132. The maximum atomic E-state index is 14.7. The van der Waals surface area contributed by atoms with Gasteiger partial charge < -0.3 is 14.4 Å². The van der Waals surface area contributed by atoms with Crippen molar-refractivity contribution in [3.05, 3.63) is 69.5 Å². The summed E-state index contributed by atoms with van der Waals surface area (Å²) < 4.78 is 26.6. The van der Waals surface area contributed by atoms with Crippen LogP contribution < -0.4 is 10.5 Å². The number of halogens is 1. The topological polar surface area (TPSA) is 90.7 Å². The number of anilines is 1. The molecule has 0 spiro atoms. The molecule has 0 radical (unpaired) electrons. The molecule has 0 aliphatic carbocycles. The van der Waals surface area contributed by atoms with Crippen LogP contribution in [0.2, 0.25) is 0 Å². The molecule has 1 aromatic heterocycles. The number of aryl methyl sites for hydroxylation is 1. The molecule has 0 saturated carbocycles. The molecule has 0 aliphatic rings. The van der Waals surface area contributed by atoms with Crippen LogP contribution in [0, 0.1) is 18.2 Å². The van der Waals surface area contributed by atoms with Crippen molar-refractivity contribution in [2.75, 3.05) is 11.9 Å². The zero-order valence-corrected chi connectivity index (χ0v) is 22.6. The average Bonchev–Trinajstić information content (AvgIpc) is 2.77. The van der Waals surface area contributed by atoms with Gasteiger partial charge in [0.15, 0.2) is 6.73 Å². The van der Waals surface area contributed by atoms with E-state index in [1.165, 1.54) is 16.7 Å². The lowest BCUT2D eigenvalue weighted by molar-refractivity contribution is -0.157. The summed E-state index contributed by atoms with van der Waals surface area (Å²) in [7, 11) is 1.78. The first-order valence-electron chi connectivity index (χ1n) is 12.0. The van der Waals surface area contributed by atoms with Gasteiger partial charge in [0.2, 0.25) is 0 Å². The van der Waals surface area contributed by atoms with Gasteiger partial charge in [-0.25, -0.2) is 14.2 Å². The summed E-state index contributed by atoms with van der Waals surface area (Å²) >= 11 is 0. The summed E-state index contributed by atoms with van der Waals surface area (Å²) in [5.41, 5.74) is 0.0129. The molecule has 0 fully saturated rings. The van der Waals surface area contributed by atoms with E-state index in [0.29, 0.717) is 29.0 Å². The first kappa shape index (κ1) is 27.8. The number of carbonyl (C=O) groups excluding carboxylic acids is 2. The number of rotatable bonds is 6. The van der Waals surface area contributed by atoms with E-state index in [4.69, 9.17) is 9.47 Å².